The van der Waals surface area contributed by atoms with Crippen LogP contribution in [-0.4, -0.2) is 321 Å². The molecule has 0 aliphatic heterocycles. The van der Waals surface area contributed by atoms with E-state index in [1.807, 2.05) is 57.9 Å². The number of nitrogens with zero attached hydrogens (tertiary/aromatic N) is 10. The highest BCUT2D eigenvalue weighted by Gasteiger charge is 2.29. The molecule has 1 atom stereocenters. The third-order valence-corrected chi connectivity index (χ3v) is 25.5. The first-order valence-electron chi connectivity index (χ1n) is 44.7. The Kier molecular flexibility index (Phi) is 59.8. The topological polar surface area (TPSA) is 223 Å². The lowest BCUT2D eigenvalue weighted by Crippen LogP contribution is -2.51. The average molecular weight is 1790 g/mol. The van der Waals surface area contributed by atoms with Crippen molar-refractivity contribution in [3.8, 4) is 0 Å². The Labute approximate surface area is 756 Å². The molecule has 1 unspecified atom stereocenters. The van der Waals surface area contributed by atoms with Gasteiger partial charge in [0.1, 0.15) is 112 Å². The van der Waals surface area contributed by atoms with Crippen molar-refractivity contribution in [3.05, 3.63) is 180 Å². The van der Waals surface area contributed by atoms with Gasteiger partial charge in [0, 0.05) is 37.2 Å². The molecule has 0 spiro atoms. The molecule has 0 fully saturated rings. The smallest absolute Gasteiger partial charge is 0.348 e. The van der Waals surface area contributed by atoms with E-state index in [4.69, 9.17) is 33.2 Å². The van der Waals surface area contributed by atoms with Crippen molar-refractivity contribution in [1.29, 1.82) is 0 Å². The summed E-state index contributed by atoms with van der Waals surface area (Å²) in [5.41, 5.74) is 1.68. The Morgan fingerprint density at radius 1 is 0.244 bits per heavy atom. The summed E-state index contributed by atoms with van der Waals surface area (Å²) in [6.07, 6.45) is 17.9. The van der Waals surface area contributed by atoms with Gasteiger partial charge < -0.3 is 64.5 Å². The first kappa shape index (κ1) is 113. The summed E-state index contributed by atoms with van der Waals surface area (Å²) in [6.45, 7) is 59.5. The Morgan fingerprint density at radius 3 is 0.618 bits per heavy atom. The Morgan fingerprint density at radius 2 is 0.439 bits per heavy atom. The molecular formula is C95H159N10O14S4+7. The normalized spacial score (nSPS) is 11.8. The number of ether oxygens (including phenoxy) is 7. The van der Waals surface area contributed by atoms with E-state index in [0.717, 1.165) is 162 Å². The number of hydrogen-bond donors (Lipinski definition) is 0. The maximum absolute atomic E-state index is 11.9. The zero-order valence-electron chi connectivity index (χ0n) is 79.1. The number of pyridine rings is 3. The second-order valence-corrected chi connectivity index (χ2v) is 36.3. The predicted molar refractivity (Wildman–Crippen MR) is 504 cm³/mol. The van der Waals surface area contributed by atoms with Crippen LogP contribution in [0, 0.1) is 0 Å². The van der Waals surface area contributed by atoms with E-state index in [1.165, 1.54) is 104 Å². The largest absolute Gasteiger partial charge is 0.456 e. The van der Waals surface area contributed by atoms with Crippen molar-refractivity contribution in [2.45, 2.75) is 149 Å². The molecule has 24 nitrogen and oxygen atoms in total. The minimum atomic E-state index is -0.286. The Hall–Kier alpha value is -7.74. The van der Waals surface area contributed by atoms with Crippen LogP contribution >= 0.6 is 45.3 Å². The third kappa shape index (κ3) is 48.0. The first-order valence-corrected chi connectivity index (χ1v) is 48.3. The Balaban J connectivity index is 0.000000720. The molecule has 0 bridgehead atoms. The number of carbonyl (C=O) groups excluding carboxylic acids is 7. The summed E-state index contributed by atoms with van der Waals surface area (Å²) in [4.78, 5) is 96.1. The van der Waals surface area contributed by atoms with E-state index in [-0.39, 0.29) is 41.8 Å². The SMILES string of the molecule is CCCC[N+](CC)(CCC)CCOC(=O)c1cccs1.CCC[N+](CC)(CCC)CCOC(=O)c1cccs1.CCC[N+](CC)(CCC)CCOC(=O)c1ccncc1.CC[N+](CC)(CC)CCOC(=O)c1cccs1.CC[N+](CC)(CC)CCOC(=O)c1ccncc1.C[N+](C)(C)CCOC(=O)c1cccs1.C[N+](C)(C)CCOC(=O)c1ccncc1. The maximum Gasteiger partial charge on any atom is 0.348 e. The van der Waals surface area contributed by atoms with Gasteiger partial charge in [-0.15, -0.1) is 45.3 Å². The molecular weight excluding hydrogens is 1630 g/mol. The molecule has 7 rings (SSSR count). The minimum absolute atomic E-state index is 0.179. The molecule has 0 amide bonds. The van der Waals surface area contributed by atoms with E-state index in [9.17, 15) is 33.6 Å². The number of thiophene rings is 4. The molecule has 0 saturated heterocycles. The number of quaternary nitrogens is 7. The summed E-state index contributed by atoms with van der Waals surface area (Å²) in [5, 5.41) is 7.57. The third-order valence-electron chi connectivity index (χ3n) is 22.1. The van der Waals surface area contributed by atoms with Crippen LogP contribution in [0.4, 0.5) is 0 Å². The number of aromatic nitrogens is 3. The molecule has 0 N–H and O–H groups in total. The van der Waals surface area contributed by atoms with Gasteiger partial charge in [0.05, 0.1) is 157 Å². The summed E-state index contributed by atoms with van der Waals surface area (Å²) in [7, 11) is 12.4. The Bertz CT molecular complexity index is 3800. The van der Waals surface area contributed by atoms with Gasteiger partial charge in [-0.3, -0.25) is 15.0 Å². The van der Waals surface area contributed by atoms with Gasteiger partial charge in [0.2, 0.25) is 0 Å². The second-order valence-electron chi connectivity index (χ2n) is 32.5. The van der Waals surface area contributed by atoms with Crippen LogP contribution in [0.15, 0.2) is 144 Å². The highest BCUT2D eigenvalue weighted by atomic mass is 32.1. The monoisotopic (exact) mass is 1790 g/mol. The number of carbonyl (C=O) groups is 7. The molecule has 7 aromatic rings. The van der Waals surface area contributed by atoms with Crippen molar-refractivity contribution in [3.63, 3.8) is 0 Å². The maximum atomic E-state index is 11.9. The van der Waals surface area contributed by atoms with Gasteiger partial charge in [-0.1, -0.05) is 72.2 Å². The zero-order valence-corrected chi connectivity index (χ0v) is 82.4. The van der Waals surface area contributed by atoms with Gasteiger partial charge in [0.15, 0.2) is 0 Å². The lowest BCUT2D eigenvalue weighted by Gasteiger charge is -2.37. The van der Waals surface area contributed by atoms with Crippen molar-refractivity contribution in [1.82, 2.24) is 15.0 Å². The van der Waals surface area contributed by atoms with Gasteiger partial charge in [0.25, 0.3) is 0 Å². The van der Waals surface area contributed by atoms with Gasteiger partial charge in [-0.05, 0) is 183 Å². The van der Waals surface area contributed by atoms with Crippen LogP contribution in [-0.2, 0) is 33.2 Å². The average Bonchev–Trinajstić information content (AvgIpc) is 1.84. The van der Waals surface area contributed by atoms with E-state index in [2.05, 4.69) is 161 Å². The molecule has 0 aliphatic rings. The molecule has 7 aromatic heterocycles. The standard InChI is InChI=1S/C16H27N2O2.C16H28NO2S.C15H26NO2S.C14H23N2O2.C13H22NO2S.C11H17N2O2.C10H16NO2S/c1-4-11-18(6-3,12-5-2)13-14-20-16(19)15-7-9-17-10-8-15;1-4-7-11-17(6-3,10-5-2)12-13-19-16(18)15-9-8-14-20-15;1-4-9-16(6-3,10-5-2)11-12-18-15(17)14-8-7-13-19-14;1-4-16(5-2,6-3)11-12-18-14(17)13-7-9-15-10-8-13;1-4-14(5-2,6-3)9-10-16-13(15)12-8-7-11-17-12;1-13(2,3)8-9-15-11(14)10-4-6-12-7-5-10;1-11(2,3)6-7-13-10(12)9-5-4-8-14-9/h7-10H,4-6,11-14H2,1-3H3;8-9,14H,4-7,10-13H2,1-3H3;7-8,13H,4-6,9-12H2,1-3H3;7-10H,4-6,11-12H2,1-3H3;7-8,11H,4-6,9-10H2,1-3H3;4-7H,8-9H2,1-3H3;4-5,8H,6-7H2,1-3H3/q7*+1. The van der Waals surface area contributed by atoms with Crippen molar-refractivity contribution < 1.29 is 98.1 Å². The number of hydrogen-bond acceptors (Lipinski definition) is 21. The van der Waals surface area contributed by atoms with Gasteiger partial charge in [-0.25, -0.2) is 33.6 Å². The fourth-order valence-electron chi connectivity index (χ4n) is 13.6. The van der Waals surface area contributed by atoms with Crippen LogP contribution in [0.1, 0.15) is 219 Å². The highest BCUT2D eigenvalue weighted by Crippen LogP contribution is 2.19. The molecule has 28 heteroatoms. The van der Waals surface area contributed by atoms with Crippen molar-refractivity contribution in [2.75, 3.05) is 233 Å². The molecule has 123 heavy (non-hydrogen) atoms. The van der Waals surface area contributed by atoms with Crippen molar-refractivity contribution >= 4 is 87.1 Å². The lowest BCUT2D eigenvalue weighted by atomic mass is 10.2. The highest BCUT2D eigenvalue weighted by molar-refractivity contribution is 7.12. The number of unbranched alkanes of at least 4 members (excludes halogenated alkanes) is 1. The zero-order chi connectivity index (χ0) is 91.9. The number of esters is 7. The summed E-state index contributed by atoms with van der Waals surface area (Å²) in [6, 6.07) is 24.7. The minimum Gasteiger partial charge on any atom is -0.456 e. The van der Waals surface area contributed by atoms with E-state index >= 15 is 0 Å². The fourth-order valence-corrected chi connectivity index (χ4v) is 16.1. The van der Waals surface area contributed by atoms with Crippen LogP contribution in [0.2, 0.25) is 0 Å². The quantitative estimate of drug-likeness (QED) is 0.0196. The second kappa shape index (κ2) is 64.9. The van der Waals surface area contributed by atoms with Crippen LogP contribution in [0.5, 0.6) is 0 Å². The molecule has 0 aromatic carbocycles. The van der Waals surface area contributed by atoms with Crippen molar-refractivity contribution in [2.24, 2.45) is 0 Å². The van der Waals surface area contributed by atoms with Gasteiger partial charge >= 0.3 is 41.8 Å². The summed E-state index contributed by atoms with van der Waals surface area (Å²) in [5.74, 6) is -1.58. The van der Waals surface area contributed by atoms with E-state index in [0.29, 0.717) is 82.4 Å². The molecule has 0 saturated carbocycles. The number of likely N-dealkylation sites (N-methyl/N-ethyl adjacent to an activating group) is 7. The summed E-state index contributed by atoms with van der Waals surface area (Å²) >= 11 is 5.71. The fraction of sp³-hybridized carbons (Fsp3) is 0.600. The molecule has 0 radical (unpaired) electrons. The first-order chi connectivity index (χ1) is 58.8. The van der Waals surface area contributed by atoms with Crippen LogP contribution < -0.4 is 0 Å². The van der Waals surface area contributed by atoms with Crippen LogP contribution in [0.3, 0.4) is 0 Å². The van der Waals surface area contributed by atoms with Crippen LogP contribution in [0.25, 0.3) is 0 Å². The summed E-state index contributed by atoms with van der Waals surface area (Å²) < 4.78 is 43.8. The lowest BCUT2D eigenvalue weighted by molar-refractivity contribution is -0.926. The molecule has 690 valence electrons. The van der Waals surface area contributed by atoms with E-state index in [1.54, 1.807) is 85.7 Å². The molecule has 0 aliphatic carbocycles. The molecule has 7 heterocycles. The van der Waals surface area contributed by atoms with E-state index < -0.39 is 0 Å². The predicted octanol–water partition coefficient (Wildman–Crippen LogP) is 17.9. The van der Waals surface area contributed by atoms with Gasteiger partial charge in [-0.2, -0.15) is 0 Å². The number of rotatable bonds is 50.